The second kappa shape index (κ2) is 7.48. The Bertz CT molecular complexity index is 652. The van der Waals surface area contributed by atoms with E-state index in [-0.39, 0.29) is 5.91 Å². The fourth-order valence-corrected chi connectivity index (χ4v) is 4.00. The Kier molecular flexibility index (Phi) is 4.92. The fraction of sp³-hybridized carbons (Fsp3) is 0.550. The first-order valence-electron chi connectivity index (χ1n) is 9.40. The molecule has 4 rings (SSSR count). The molecule has 2 saturated heterocycles. The second-order valence-corrected chi connectivity index (χ2v) is 7.06. The lowest BCUT2D eigenvalue weighted by atomic mass is 10.0. The Balaban J connectivity index is 1.38. The van der Waals surface area contributed by atoms with Crippen LogP contribution in [0.2, 0.25) is 0 Å². The highest BCUT2D eigenvalue weighted by Gasteiger charge is 2.28. The summed E-state index contributed by atoms with van der Waals surface area (Å²) in [6.07, 6.45) is 8.49. The topological polar surface area (TPSA) is 42.0 Å². The van der Waals surface area contributed by atoms with Crippen molar-refractivity contribution in [3.8, 4) is 11.5 Å². The van der Waals surface area contributed by atoms with E-state index in [2.05, 4.69) is 4.90 Å². The monoisotopic (exact) mass is 342 g/mol. The Labute approximate surface area is 149 Å². The van der Waals surface area contributed by atoms with E-state index < -0.39 is 0 Å². The molecule has 3 heterocycles. The maximum atomic E-state index is 12.6. The lowest BCUT2D eigenvalue weighted by Crippen LogP contribution is -2.48. The van der Waals surface area contributed by atoms with Gasteiger partial charge in [-0.25, -0.2) is 0 Å². The summed E-state index contributed by atoms with van der Waals surface area (Å²) in [5.74, 6) is 1.64. The molecule has 0 spiro atoms. The van der Waals surface area contributed by atoms with Crippen molar-refractivity contribution in [2.45, 2.75) is 31.7 Å². The van der Waals surface area contributed by atoms with Gasteiger partial charge in [0, 0.05) is 25.2 Å². The van der Waals surface area contributed by atoms with Gasteiger partial charge >= 0.3 is 0 Å². The summed E-state index contributed by atoms with van der Waals surface area (Å²) in [4.78, 5) is 17.1. The summed E-state index contributed by atoms with van der Waals surface area (Å²) >= 11 is 0. The van der Waals surface area contributed by atoms with Gasteiger partial charge in [0.25, 0.3) is 0 Å². The number of piperidine rings is 1. The number of nitrogens with zero attached hydrogens (tertiary/aromatic N) is 2. The molecule has 3 aliphatic rings. The van der Waals surface area contributed by atoms with Crippen LogP contribution in [0.1, 0.15) is 31.2 Å². The second-order valence-electron chi connectivity index (χ2n) is 7.06. The Morgan fingerprint density at radius 3 is 2.68 bits per heavy atom. The number of carbonyl (C=O) groups is 1. The molecule has 1 amide bonds. The number of amides is 1. The van der Waals surface area contributed by atoms with E-state index in [1.165, 1.54) is 32.4 Å². The van der Waals surface area contributed by atoms with E-state index in [1.54, 1.807) is 6.08 Å². The van der Waals surface area contributed by atoms with Crippen molar-refractivity contribution >= 4 is 12.0 Å². The molecule has 1 aromatic carbocycles. The van der Waals surface area contributed by atoms with Crippen LogP contribution in [-0.4, -0.2) is 61.1 Å². The predicted molar refractivity (Wildman–Crippen MR) is 96.9 cm³/mol. The van der Waals surface area contributed by atoms with Gasteiger partial charge in [0.1, 0.15) is 13.2 Å². The SMILES string of the molecule is O=C(C=Cc1ccc2c(c1)OCCO2)N1CCCC(N2CCCC2)C1. The molecule has 1 unspecified atom stereocenters. The molecule has 0 bridgehead atoms. The largest absolute Gasteiger partial charge is 0.486 e. The minimum absolute atomic E-state index is 0.110. The van der Waals surface area contributed by atoms with Gasteiger partial charge in [-0.05, 0) is 62.5 Å². The van der Waals surface area contributed by atoms with Gasteiger partial charge in [-0.3, -0.25) is 9.69 Å². The normalized spacial score (nSPS) is 24.0. The summed E-state index contributed by atoms with van der Waals surface area (Å²) in [6.45, 7) is 5.29. The molecule has 0 aromatic heterocycles. The van der Waals surface area contributed by atoms with Crippen LogP contribution in [0.5, 0.6) is 11.5 Å². The summed E-state index contributed by atoms with van der Waals surface area (Å²) in [6, 6.07) is 6.34. The van der Waals surface area contributed by atoms with E-state index in [0.717, 1.165) is 36.6 Å². The molecule has 2 fully saturated rings. The molecule has 134 valence electrons. The first-order valence-corrected chi connectivity index (χ1v) is 9.40. The maximum Gasteiger partial charge on any atom is 0.246 e. The average molecular weight is 342 g/mol. The van der Waals surface area contributed by atoms with Crippen molar-refractivity contribution in [3.63, 3.8) is 0 Å². The molecule has 1 atom stereocenters. The first-order chi connectivity index (χ1) is 12.3. The molecule has 5 nitrogen and oxygen atoms in total. The molecule has 0 radical (unpaired) electrons. The van der Waals surface area contributed by atoms with Crippen LogP contribution < -0.4 is 9.47 Å². The minimum atomic E-state index is 0.110. The third kappa shape index (κ3) is 3.82. The van der Waals surface area contributed by atoms with Crippen LogP contribution in [0.25, 0.3) is 6.08 Å². The quantitative estimate of drug-likeness (QED) is 0.792. The number of carbonyl (C=O) groups excluding carboxylic acids is 1. The zero-order valence-corrected chi connectivity index (χ0v) is 14.7. The van der Waals surface area contributed by atoms with Crippen molar-refractivity contribution in [2.75, 3.05) is 39.4 Å². The molecule has 25 heavy (non-hydrogen) atoms. The zero-order chi connectivity index (χ0) is 17.1. The van der Waals surface area contributed by atoms with E-state index in [4.69, 9.17) is 9.47 Å². The third-order valence-corrected chi connectivity index (χ3v) is 5.35. The molecule has 0 aliphatic carbocycles. The molecule has 3 aliphatic heterocycles. The highest BCUT2D eigenvalue weighted by Crippen LogP contribution is 2.31. The van der Waals surface area contributed by atoms with Gasteiger partial charge in [-0.15, -0.1) is 0 Å². The van der Waals surface area contributed by atoms with Crippen LogP contribution in [0, 0.1) is 0 Å². The van der Waals surface area contributed by atoms with Crippen LogP contribution in [0.15, 0.2) is 24.3 Å². The lowest BCUT2D eigenvalue weighted by molar-refractivity contribution is -0.127. The van der Waals surface area contributed by atoms with Crippen LogP contribution >= 0.6 is 0 Å². The summed E-state index contributed by atoms with van der Waals surface area (Å²) < 4.78 is 11.1. The third-order valence-electron chi connectivity index (χ3n) is 5.35. The van der Waals surface area contributed by atoms with E-state index in [0.29, 0.717) is 19.3 Å². The first kappa shape index (κ1) is 16.5. The number of ether oxygens (including phenoxy) is 2. The van der Waals surface area contributed by atoms with Crippen molar-refractivity contribution in [2.24, 2.45) is 0 Å². The summed E-state index contributed by atoms with van der Waals surface area (Å²) in [7, 11) is 0. The summed E-state index contributed by atoms with van der Waals surface area (Å²) in [5.41, 5.74) is 0.964. The standard InChI is InChI=1S/C20H26N2O3/c23-20(22-11-3-4-17(15-22)21-9-1-2-10-21)8-6-16-5-7-18-19(14-16)25-13-12-24-18/h5-8,14,17H,1-4,9-13,15H2. The smallest absolute Gasteiger partial charge is 0.246 e. The number of fused-ring (bicyclic) bond motifs is 1. The number of hydrogen-bond donors (Lipinski definition) is 0. The minimum Gasteiger partial charge on any atom is -0.486 e. The predicted octanol–water partition coefficient (Wildman–Crippen LogP) is 2.56. The maximum absolute atomic E-state index is 12.6. The number of hydrogen-bond acceptors (Lipinski definition) is 4. The van der Waals surface area contributed by atoms with Crippen molar-refractivity contribution in [1.29, 1.82) is 0 Å². The zero-order valence-electron chi connectivity index (χ0n) is 14.7. The molecule has 1 aromatic rings. The number of rotatable bonds is 3. The van der Waals surface area contributed by atoms with E-state index in [1.807, 2.05) is 29.2 Å². The highest BCUT2D eigenvalue weighted by atomic mass is 16.6. The van der Waals surface area contributed by atoms with Gasteiger partial charge < -0.3 is 14.4 Å². The molecular formula is C20H26N2O3. The highest BCUT2D eigenvalue weighted by molar-refractivity contribution is 5.92. The van der Waals surface area contributed by atoms with Crippen LogP contribution in [0.4, 0.5) is 0 Å². The average Bonchev–Trinajstić information content (AvgIpc) is 3.21. The van der Waals surface area contributed by atoms with Crippen molar-refractivity contribution in [1.82, 2.24) is 9.80 Å². The Hall–Kier alpha value is -2.01. The lowest BCUT2D eigenvalue weighted by Gasteiger charge is -2.37. The van der Waals surface area contributed by atoms with E-state index in [9.17, 15) is 4.79 Å². The number of likely N-dealkylation sites (tertiary alicyclic amines) is 2. The van der Waals surface area contributed by atoms with Crippen LogP contribution in [0.3, 0.4) is 0 Å². The van der Waals surface area contributed by atoms with Crippen molar-refractivity contribution in [3.05, 3.63) is 29.8 Å². The van der Waals surface area contributed by atoms with Gasteiger partial charge in [-0.2, -0.15) is 0 Å². The fourth-order valence-electron chi connectivity index (χ4n) is 4.00. The van der Waals surface area contributed by atoms with Gasteiger partial charge in [0.15, 0.2) is 11.5 Å². The van der Waals surface area contributed by atoms with Gasteiger partial charge in [0.2, 0.25) is 5.91 Å². The van der Waals surface area contributed by atoms with Crippen molar-refractivity contribution < 1.29 is 14.3 Å². The van der Waals surface area contributed by atoms with E-state index >= 15 is 0 Å². The Morgan fingerprint density at radius 2 is 1.84 bits per heavy atom. The molecule has 5 heteroatoms. The van der Waals surface area contributed by atoms with Crippen LogP contribution in [-0.2, 0) is 4.79 Å². The molecular weight excluding hydrogens is 316 g/mol. The summed E-state index contributed by atoms with van der Waals surface area (Å²) in [5, 5.41) is 0. The number of benzene rings is 1. The van der Waals surface area contributed by atoms with Gasteiger partial charge in [-0.1, -0.05) is 6.07 Å². The molecule has 0 saturated carbocycles. The molecule has 0 N–H and O–H groups in total. The Morgan fingerprint density at radius 1 is 1.04 bits per heavy atom. The van der Waals surface area contributed by atoms with Gasteiger partial charge in [0.05, 0.1) is 0 Å².